The van der Waals surface area contributed by atoms with Gasteiger partial charge in [-0.15, -0.1) is 0 Å². The van der Waals surface area contributed by atoms with E-state index in [1.807, 2.05) is 0 Å². The molecule has 0 aliphatic heterocycles. The molecule has 1 aliphatic rings. The Morgan fingerprint density at radius 2 is 2.09 bits per heavy atom. The summed E-state index contributed by atoms with van der Waals surface area (Å²) in [7, 11) is 0. The van der Waals surface area contributed by atoms with Gasteiger partial charge in [0, 0.05) is 13.5 Å². The first-order valence-electron chi connectivity index (χ1n) is 4.47. The molecular formula is C9H16NO. The Kier molecular flexibility index (Phi) is 3.40. The van der Waals surface area contributed by atoms with Crippen molar-refractivity contribution in [1.29, 1.82) is 0 Å². The number of rotatable bonds is 3. The van der Waals surface area contributed by atoms with Gasteiger partial charge in [0.25, 0.3) is 0 Å². The molecule has 0 N–H and O–H groups in total. The highest BCUT2D eigenvalue weighted by atomic mass is 16.1. The molecule has 1 radical (unpaired) electrons. The Morgan fingerprint density at radius 3 is 2.64 bits per heavy atom. The zero-order valence-corrected chi connectivity index (χ0v) is 7.18. The Balaban J connectivity index is 1.98. The molecule has 1 fully saturated rings. The van der Waals surface area contributed by atoms with Crippen LogP contribution in [0.3, 0.4) is 0 Å². The van der Waals surface area contributed by atoms with E-state index in [2.05, 4.69) is 5.32 Å². The standard InChI is InChI=1S/C9H16NO/c1-8(11)10-7-6-9-4-2-3-5-9/h9H,2-7H2,1H3. The van der Waals surface area contributed by atoms with Gasteiger partial charge in [-0.2, -0.15) is 0 Å². The fourth-order valence-corrected chi connectivity index (χ4v) is 1.70. The molecule has 2 nitrogen and oxygen atoms in total. The predicted octanol–water partition coefficient (Wildman–Crippen LogP) is 1.72. The summed E-state index contributed by atoms with van der Waals surface area (Å²) in [6.07, 6.45) is 6.59. The SMILES string of the molecule is CC(=O)[N]CCC1CCCC1. The van der Waals surface area contributed by atoms with Crippen LogP contribution in [0, 0.1) is 5.92 Å². The highest BCUT2D eigenvalue weighted by molar-refractivity contribution is 5.72. The minimum Gasteiger partial charge on any atom is -0.273 e. The van der Waals surface area contributed by atoms with Crippen LogP contribution in [0.2, 0.25) is 0 Å². The van der Waals surface area contributed by atoms with Crippen LogP contribution in [0.5, 0.6) is 0 Å². The van der Waals surface area contributed by atoms with Gasteiger partial charge in [-0.3, -0.25) is 10.1 Å². The van der Waals surface area contributed by atoms with Gasteiger partial charge in [0.2, 0.25) is 5.91 Å². The molecule has 2 heteroatoms. The zero-order valence-electron chi connectivity index (χ0n) is 7.18. The van der Waals surface area contributed by atoms with Gasteiger partial charge in [0.05, 0.1) is 0 Å². The van der Waals surface area contributed by atoms with Crippen LogP contribution >= 0.6 is 0 Å². The van der Waals surface area contributed by atoms with Crippen LogP contribution in [0.4, 0.5) is 0 Å². The molecule has 0 heterocycles. The van der Waals surface area contributed by atoms with Crippen LogP contribution < -0.4 is 5.32 Å². The fourth-order valence-electron chi connectivity index (χ4n) is 1.70. The summed E-state index contributed by atoms with van der Waals surface area (Å²) in [4.78, 5) is 10.5. The second-order valence-electron chi connectivity index (χ2n) is 3.34. The van der Waals surface area contributed by atoms with Gasteiger partial charge in [-0.05, 0) is 12.3 Å². The topological polar surface area (TPSA) is 31.2 Å². The molecule has 0 atom stereocenters. The van der Waals surface area contributed by atoms with E-state index in [-0.39, 0.29) is 5.91 Å². The Morgan fingerprint density at radius 1 is 1.45 bits per heavy atom. The molecule has 1 amide bonds. The van der Waals surface area contributed by atoms with Crippen LogP contribution in [-0.2, 0) is 4.79 Å². The number of nitrogens with zero attached hydrogens (tertiary/aromatic N) is 1. The molecule has 0 aromatic carbocycles. The van der Waals surface area contributed by atoms with Crippen molar-refractivity contribution in [2.75, 3.05) is 6.54 Å². The molecule has 11 heavy (non-hydrogen) atoms. The van der Waals surface area contributed by atoms with Crippen molar-refractivity contribution in [2.45, 2.75) is 39.0 Å². The lowest BCUT2D eigenvalue weighted by Gasteiger charge is -2.06. The van der Waals surface area contributed by atoms with E-state index in [0.717, 1.165) is 18.9 Å². The number of carbonyl (C=O) groups excluding carboxylic acids is 1. The summed E-state index contributed by atoms with van der Waals surface area (Å²) >= 11 is 0. The van der Waals surface area contributed by atoms with Crippen LogP contribution in [0.1, 0.15) is 39.0 Å². The third kappa shape index (κ3) is 3.40. The molecule has 0 bridgehead atoms. The molecule has 0 aromatic rings. The van der Waals surface area contributed by atoms with Crippen molar-refractivity contribution in [3.05, 3.63) is 0 Å². The van der Waals surface area contributed by atoms with E-state index in [0.29, 0.717) is 0 Å². The lowest BCUT2D eigenvalue weighted by atomic mass is 10.0. The molecular weight excluding hydrogens is 138 g/mol. The lowest BCUT2D eigenvalue weighted by molar-refractivity contribution is -0.119. The summed E-state index contributed by atoms with van der Waals surface area (Å²) in [5.74, 6) is 0.834. The Labute approximate surface area is 68.4 Å². The molecule has 0 unspecified atom stereocenters. The first-order valence-corrected chi connectivity index (χ1v) is 4.47. The average molecular weight is 154 g/mol. The van der Waals surface area contributed by atoms with Crippen molar-refractivity contribution in [3.63, 3.8) is 0 Å². The van der Waals surface area contributed by atoms with E-state index in [1.165, 1.54) is 32.6 Å². The van der Waals surface area contributed by atoms with Gasteiger partial charge in [-0.1, -0.05) is 25.7 Å². The molecule has 0 spiro atoms. The molecule has 0 saturated heterocycles. The number of amides is 1. The molecule has 63 valence electrons. The third-order valence-electron chi connectivity index (χ3n) is 2.35. The minimum atomic E-state index is -0.0250. The van der Waals surface area contributed by atoms with E-state index in [9.17, 15) is 4.79 Å². The maximum atomic E-state index is 10.5. The van der Waals surface area contributed by atoms with E-state index < -0.39 is 0 Å². The first-order chi connectivity index (χ1) is 5.29. The number of carbonyl (C=O) groups is 1. The van der Waals surface area contributed by atoms with Gasteiger partial charge in [-0.25, -0.2) is 0 Å². The van der Waals surface area contributed by atoms with Crippen molar-refractivity contribution < 1.29 is 4.79 Å². The molecule has 1 aliphatic carbocycles. The first kappa shape index (κ1) is 8.57. The quantitative estimate of drug-likeness (QED) is 0.609. The summed E-state index contributed by atoms with van der Waals surface area (Å²) in [5, 5.41) is 3.85. The van der Waals surface area contributed by atoms with Crippen molar-refractivity contribution in [3.8, 4) is 0 Å². The van der Waals surface area contributed by atoms with Crippen molar-refractivity contribution in [2.24, 2.45) is 5.92 Å². The highest BCUT2D eigenvalue weighted by Gasteiger charge is 2.14. The number of hydrogen-bond donors (Lipinski definition) is 0. The normalized spacial score (nSPS) is 18.6. The lowest BCUT2D eigenvalue weighted by Crippen LogP contribution is -2.14. The monoisotopic (exact) mass is 154 g/mol. The van der Waals surface area contributed by atoms with Crippen LogP contribution in [0.15, 0.2) is 0 Å². The van der Waals surface area contributed by atoms with E-state index >= 15 is 0 Å². The highest BCUT2D eigenvalue weighted by Crippen LogP contribution is 2.26. The second-order valence-corrected chi connectivity index (χ2v) is 3.34. The Bertz CT molecular complexity index is 128. The van der Waals surface area contributed by atoms with Crippen molar-refractivity contribution in [1.82, 2.24) is 5.32 Å². The molecule has 1 saturated carbocycles. The summed E-state index contributed by atoms with van der Waals surface area (Å²) in [6.45, 7) is 2.27. The van der Waals surface area contributed by atoms with E-state index in [4.69, 9.17) is 0 Å². The number of hydrogen-bond acceptors (Lipinski definition) is 1. The average Bonchev–Trinajstić information content (AvgIpc) is 2.39. The van der Waals surface area contributed by atoms with Gasteiger partial charge < -0.3 is 0 Å². The molecule has 1 rings (SSSR count). The predicted molar refractivity (Wildman–Crippen MR) is 44.3 cm³/mol. The smallest absolute Gasteiger partial charge is 0.238 e. The summed E-state index contributed by atoms with van der Waals surface area (Å²) < 4.78 is 0. The zero-order chi connectivity index (χ0) is 8.10. The maximum Gasteiger partial charge on any atom is 0.238 e. The van der Waals surface area contributed by atoms with E-state index in [1.54, 1.807) is 0 Å². The van der Waals surface area contributed by atoms with Gasteiger partial charge in [0.1, 0.15) is 0 Å². The summed E-state index contributed by atoms with van der Waals surface area (Å²) in [6, 6.07) is 0. The Hall–Kier alpha value is -0.530. The van der Waals surface area contributed by atoms with Crippen LogP contribution in [0.25, 0.3) is 0 Å². The van der Waals surface area contributed by atoms with Crippen LogP contribution in [-0.4, -0.2) is 12.5 Å². The second kappa shape index (κ2) is 4.37. The van der Waals surface area contributed by atoms with Gasteiger partial charge in [0.15, 0.2) is 0 Å². The maximum absolute atomic E-state index is 10.5. The fraction of sp³-hybridized carbons (Fsp3) is 0.889. The summed E-state index contributed by atoms with van der Waals surface area (Å²) in [5.41, 5.74) is 0. The largest absolute Gasteiger partial charge is 0.273 e. The minimum absolute atomic E-state index is 0.0250. The third-order valence-corrected chi connectivity index (χ3v) is 2.35. The molecule has 0 aromatic heterocycles. The van der Waals surface area contributed by atoms with Crippen molar-refractivity contribution >= 4 is 5.91 Å². The van der Waals surface area contributed by atoms with Gasteiger partial charge >= 0.3 is 0 Å².